The fraction of sp³-hybridized carbons (Fsp3) is 0.600. The van der Waals surface area contributed by atoms with Crippen molar-refractivity contribution < 1.29 is 19.1 Å². The van der Waals surface area contributed by atoms with Crippen LogP contribution in [0.25, 0.3) is 0 Å². The highest BCUT2D eigenvalue weighted by atomic mass is 16.6. The Bertz CT molecular complexity index is 536. The molecule has 0 aliphatic carbocycles. The summed E-state index contributed by atoms with van der Waals surface area (Å²) < 4.78 is 9.71. The summed E-state index contributed by atoms with van der Waals surface area (Å²) in [6.07, 6.45) is 0.368. The minimum atomic E-state index is -0.725. The molecular formula is C20H34N2O4. The van der Waals surface area contributed by atoms with Gasteiger partial charge in [-0.05, 0) is 59.4 Å². The van der Waals surface area contributed by atoms with Gasteiger partial charge in [-0.25, -0.2) is 4.79 Å². The molecule has 4 N–H and O–H groups in total. The lowest BCUT2D eigenvalue weighted by Gasteiger charge is -2.21. The zero-order valence-corrected chi connectivity index (χ0v) is 16.8. The molecule has 1 aromatic rings. The van der Waals surface area contributed by atoms with E-state index in [0.717, 1.165) is 6.42 Å². The molecule has 0 aliphatic heterocycles. The van der Waals surface area contributed by atoms with E-state index in [9.17, 15) is 9.59 Å². The second-order valence-corrected chi connectivity index (χ2v) is 7.49. The maximum absolute atomic E-state index is 11.5. The first-order chi connectivity index (χ1) is 11.9. The van der Waals surface area contributed by atoms with Gasteiger partial charge in [-0.2, -0.15) is 0 Å². The van der Waals surface area contributed by atoms with Gasteiger partial charge in [0, 0.05) is 12.5 Å². The SMILES string of the molecule is CC(C)(C)OC(N)=O.CC(C)OC(=O)CC[C@@H](c1ccccc1)C(C)N. The number of carbonyl (C=O) groups is 2. The second-order valence-electron chi connectivity index (χ2n) is 7.49. The standard InChI is InChI=1S/C15H23NO2.C5H11NO2/c1-11(2)18-15(17)10-9-14(12(3)16)13-7-5-4-6-8-13;1-5(2,3)8-4(6)7/h4-8,11-12,14H,9-10,16H2,1-3H3;1-3H3,(H2,6,7)/t12?,14-;/m1./s1. The fourth-order valence-corrected chi connectivity index (χ4v) is 2.33. The molecule has 0 spiro atoms. The van der Waals surface area contributed by atoms with Crippen LogP contribution in [0.15, 0.2) is 30.3 Å². The number of esters is 1. The predicted octanol–water partition coefficient (Wildman–Crippen LogP) is 3.73. The van der Waals surface area contributed by atoms with Crippen LogP contribution in [0.3, 0.4) is 0 Å². The van der Waals surface area contributed by atoms with Gasteiger partial charge in [-0.15, -0.1) is 0 Å². The molecule has 0 saturated carbocycles. The van der Waals surface area contributed by atoms with Crippen LogP contribution in [0, 0.1) is 0 Å². The third kappa shape index (κ3) is 12.3. The normalized spacial score (nSPS) is 13.2. The number of rotatable bonds is 6. The van der Waals surface area contributed by atoms with Crippen molar-refractivity contribution in [2.24, 2.45) is 11.5 Å². The smallest absolute Gasteiger partial charge is 0.405 e. The van der Waals surface area contributed by atoms with E-state index in [1.165, 1.54) is 5.56 Å². The van der Waals surface area contributed by atoms with Gasteiger partial charge >= 0.3 is 12.1 Å². The van der Waals surface area contributed by atoms with E-state index in [0.29, 0.717) is 6.42 Å². The molecule has 0 aromatic heterocycles. The summed E-state index contributed by atoms with van der Waals surface area (Å²) in [5, 5.41) is 0. The van der Waals surface area contributed by atoms with Crippen molar-refractivity contribution in [3.05, 3.63) is 35.9 Å². The van der Waals surface area contributed by atoms with Crippen molar-refractivity contribution in [1.29, 1.82) is 0 Å². The maximum Gasteiger partial charge on any atom is 0.405 e. The minimum Gasteiger partial charge on any atom is -0.463 e. The molecule has 1 aromatic carbocycles. The van der Waals surface area contributed by atoms with E-state index < -0.39 is 11.7 Å². The molecule has 6 nitrogen and oxygen atoms in total. The van der Waals surface area contributed by atoms with Crippen LogP contribution in [-0.2, 0) is 14.3 Å². The Morgan fingerprint density at radius 1 is 1.08 bits per heavy atom. The van der Waals surface area contributed by atoms with E-state index in [2.05, 4.69) is 16.9 Å². The zero-order valence-electron chi connectivity index (χ0n) is 16.8. The van der Waals surface area contributed by atoms with E-state index in [4.69, 9.17) is 16.2 Å². The van der Waals surface area contributed by atoms with E-state index in [1.807, 2.05) is 39.0 Å². The highest BCUT2D eigenvalue weighted by Crippen LogP contribution is 2.24. The Labute approximate surface area is 157 Å². The Morgan fingerprint density at radius 2 is 1.62 bits per heavy atom. The third-order valence-corrected chi connectivity index (χ3v) is 3.30. The Hall–Kier alpha value is -2.08. The number of ether oxygens (including phenoxy) is 2. The van der Waals surface area contributed by atoms with Crippen LogP contribution in [0.2, 0.25) is 0 Å². The number of benzene rings is 1. The lowest BCUT2D eigenvalue weighted by molar-refractivity contribution is -0.147. The Kier molecular flexibility index (Phi) is 10.6. The molecule has 0 saturated heterocycles. The molecule has 26 heavy (non-hydrogen) atoms. The summed E-state index contributed by atoms with van der Waals surface area (Å²) in [5.74, 6) is 0.0532. The first-order valence-corrected chi connectivity index (χ1v) is 8.90. The largest absolute Gasteiger partial charge is 0.463 e. The number of carbonyl (C=O) groups excluding carboxylic acids is 2. The monoisotopic (exact) mass is 366 g/mol. The predicted molar refractivity (Wildman–Crippen MR) is 104 cm³/mol. The van der Waals surface area contributed by atoms with Gasteiger partial charge in [0.05, 0.1) is 6.10 Å². The summed E-state index contributed by atoms with van der Waals surface area (Å²) in [6, 6.07) is 10.1. The molecule has 0 heterocycles. The quantitative estimate of drug-likeness (QED) is 0.746. The van der Waals surface area contributed by atoms with Gasteiger partial charge in [0.25, 0.3) is 0 Å². The number of nitrogens with two attached hydrogens (primary N) is 2. The molecule has 2 atom stereocenters. The van der Waals surface area contributed by atoms with Crippen molar-refractivity contribution in [3.8, 4) is 0 Å². The highest BCUT2D eigenvalue weighted by Gasteiger charge is 2.18. The van der Waals surface area contributed by atoms with Crippen LogP contribution >= 0.6 is 0 Å². The van der Waals surface area contributed by atoms with Crippen LogP contribution < -0.4 is 11.5 Å². The first kappa shape index (κ1) is 23.9. The molecule has 1 rings (SSSR count). The zero-order chi connectivity index (χ0) is 20.3. The summed E-state index contributed by atoms with van der Waals surface area (Å²) >= 11 is 0. The third-order valence-electron chi connectivity index (χ3n) is 3.30. The molecule has 0 fully saturated rings. The van der Waals surface area contributed by atoms with Crippen molar-refractivity contribution in [2.45, 2.75) is 78.0 Å². The molecule has 0 radical (unpaired) electrons. The maximum atomic E-state index is 11.5. The summed E-state index contributed by atoms with van der Waals surface area (Å²) in [7, 11) is 0. The second kappa shape index (κ2) is 11.5. The van der Waals surface area contributed by atoms with E-state index in [1.54, 1.807) is 20.8 Å². The van der Waals surface area contributed by atoms with Crippen molar-refractivity contribution in [3.63, 3.8) is 0 Å². The average Bonchev–Trinajstić information content (AvgIpc) is 2.45. The molecule has 1 unspecified atom stereocenters. The Balaban J connectivity index is 0.000000660. The van der Waals surface area contributed by atoms with Gasteiger partial charge in [0.1, 0.15) is 5.60 Å². The molecule has 0 bridgehead atoms. The van der Waals surface area contributed by atoms with Crippen molar-refractivity contribution in [1.82, 2.24) is 0 Å². The van der Waals surface area contributed by atoms with Gasteiger partial charge in [0.15, 0.2) is 0 Å². The van der Waals surface area contributed by atoms with E-state index in [-0.39, 0.29) is 24.0 Å². The van der Waals surface area contributed by atoms with Crippen LogP contribution in [0.5, 0.6) is 0 Å². The topological polar surface area (TPSA) is 105 Å². The first-order valence-electron chi connectivity index (χ1n) is 8.90. The number of amides is 1. The van der Waals surface area contributed by atoms with Crippen molar-refractivity contribution in [2.75, 3.05) is 0 Å². The number of primary amides is 1. The molecule has 1 amide bonds. The average molecular weight is 367 g/mol. The lowest BCUT2D eigenvalue weighted by atomic mass is 9.89. The molecule has 6 heteroatoms. The minimum absolute atomic E-state index is 0.0271. The summed E-state index contributed by atoms with van der Waals surface area (Å²) in [4.78, 5) is 21.6. The molecule has 148 valence electrons. The fourth-order valence-electron chi connectivity index (χ4n) is 2.33. The van der Waals surface area contributed by atoms with Gasteiger partial charge in [0.2, 0.25) is 0 Å². The Morgan fingerprint density at radius 3 is 1.96 bits per heavy atom. The van der Waals surface area contributed by atoms with Gasteiger partial charge in [-0.1, -0.05) is 30.3 Å². The van der Waals surface area contributed by atoms with Crippen molar-refractivity contribution >= 4 is 12.1 Å². The molecular weight excluding hydrogens is 332 g/mol. The van der Waals surface area contributed by atoms with Crippen LogP contribution in [0.4, 0.5) is 4.79 Å². The molecule has 0 aliphatic rings. The van der Waals surface area contributed by atoms with Crippen LogP contribution in [0.1, 0.15) is 65.9 Å². The van der Waals surface area contributed by atoms with Gasteiger partial charge in [-0.3, -0.25) is 4.79 Å². The summed E-state index contributed by atoms with van der Waals surface area (Å²) in [6.45, 7) is 11.0. The van der Waals surface area contributed by atoms with Gasteiger partial charge < -0.3 is 20.9 Å². The number of hydrogen-bond acceptors (Lipinski definition) is 5. The number of hydrogen-bond donors (Lipinski definition) is 2. The lowest BCUT2D eigenvalue weighted by Crippen LogP contribution is -2.27. The van der Waals surface area contributed by atoms with E-state index >= 15 is 0 Å². The summed E-state index contributed by atoms with van der Waals surface area (Å²) in [5.41, 5.74) is 11.5. The highest BCUT2D eigenvalue weighted by molar-refractivity contribution is 5.69. The van der Waals surface area contributed by atoms with Crippen LogP contribution in [-0.4, -0.2) is 29.8 Å².